The molecule has 3 heteroatoms. The molecule has 0 aliphatic heterocycles. The van der Waals surface area contributed by atoms with Crippen LogP contribution in [-0.4, -0.2) is 17.8 Å². The summed E-state index contributed by atoms with van der Waals surface area (Å²) in [6.45, 7) is 4.01. The van der Waals surface area contributed by atoms with Crippen molar-refractivity contribution in [3.63, 3.8) is 0 Å². The predicted molar refractivity (Wildman–Crippen MR) is 57.5 cm³/mol. The van der Waals surface area contributed by atoms with Crippen LogP contribution in [0.2, 0.25) is 0 Å². The average Bonchev–Trinajstić information content (AvgIpc) is 2.18. The summed E-state index contributed by atoms with van der Waals surface area (Å²) in [7, 11) is 0. The topological polar surface area (TPSA) is 29.5 Å². The van der Waals surface area contributed by atoms with Gasteiger partial charge in [-0.2, -0.15) is 0 Å². The Balaban J connectivity index is 2.35. The molecule has 0 bridgehead atoms. The van der Waals surface area contributed by atoms with Crippen LogP contribution >= 0.6 is 0 Å². The molecule has 15 heavy (non-hydrogen) atoms. The number of rotatable bonds is 5. The Morgan fingerprint density at radius 3 is 2.80 bits per heavy atom. The van der Waals surface area contributed by atoms with Crippen LogP contribution in [0.4, 0.5) is 4.39 Å². The Hall–Kier alpha value is -1.09. The van der Waals surface area contributed by atoms with Gasteiger partial charge < -0.3 is 9.84 Å². The van der Waals surface area contributed by atoms with E-state index in [0.717, 1.165) is 12.8 Å². The van der Waals surface area contributed by atoms with Crippen LogP contribution in [0.3, 0.4) is 0 Å². The summed E-state index contributed by atoms with van der Waals surface area (Å²) in [6, 6.07) is 4.70. The first kappa shape index (κ1) is 12.0. The molecule has 0 aliphatic carbocycles. The monoisotopic (exact) mass is 212 g/mol. The molecule has 1 N–H and O–H groups in total. The molecule has 1 aromatic carbocycles. The summed E-state index contributed by atoms with van der Waals surface area (Å²) >= 11 is 0. The number of aryl methyl sites for hydroxylation is 1. The van der Waals surface area contributed by atoms with E-state index >= 15 is 0 Å². The standard InChI is InChI=1S/C12H17FO2/c1-9-8-11(5-6-12(9)13)15-7-3-4-10(2)14/h5-6,8,10,14H,3-4,7H2,1-2H3. The van der Waals surface area contributed by atoms with Crippen molar-refractivity contribution in [3.8, 4) is 5.75 Å². The highest BCUT2D eigenvalue weighted by atomic mass is 19.1. The van der Waals surface area contributed by atoms with Crippen molar-refractivity contribution in [1.29, 1.82) is 0 Å². The molecule has 1 unspecified atom stereocenters. The van der Waals surface area contributed by atoms with Crippen LogP contribution in [0.1, 0.15) is 25.3 Å². The number of hydrogen-bond acceptors (Lipinski definition) is 2. The Bertz CT molecular complexity index is 310. The highest BCUT2D eigenvalue weighted by Gasteiger charge is 2.00. The number of aliphatic hydroxyl groups is 1. The summed E-state index contributed by atoms with van der Waals surface area (Å²) in [4.78, 5) is 0. The molecule has 0 saturated heterocycles. The summed E-state index contributed by atoms with van der Waals surface area (Å²) in [5, 5.41) is 9.02. The fourth-order valence-electron chi connectivity index (χ4n) is 1.28. The number of aliphatic hydroxyl groups excluding tert-OH is 1. The van der Waals surface area contributed by atoms with Crippen molar-refractivity contribution in [2.45, 2.75) is 32.8 Å². The van der Waals surface area contributed by atoms with Gasteiger partial charge in [0.15, 0.2) is 0 Å². The van der Waals surface area contributed by atoms with Gasteiger partial charge in [0, 0.05) is 0 Å². The molecule has 0 saturated carbocycles. The Morgan fingerprint density at radius 1 is 1.47 bits per heavy atom. The second-order valence-electron chi connectivity index (χ2n) is 3.75. The third-order valence-corrected chi connectivity index (χ3v) is 2.16. The molecule has 0 heterocycles. The minimum atomic E-state index is -0.288. The first-order chi connectivity index (χ1) is 7.09. The molecule has 0 amide bonds. The van der Waals surface area contributed by atoms with Gasteiger partial charge in [0.2, 0.25) is 0 Å². The van der Waals surface area contributed by atoms with Crippen molar-refractivity contribution in [1.82, 2.24) is 0 Å². The maximum Gasteiger partial charge on any atom is 0.126 e. The first-order valence-corrected chi connectivity index (χ1v) is 5.16. The van der Waals surface area contributed by atoms with Gasteiger partial charge in [-0.05, 0) is 50.5 Å². The maximum absolute atomic E-state index is 12.9. The lowest BCUT2D eigenvalue weighted by Crippen LogP contribution is -2.04. The highest BCUT2D eigenvalue weighted by Crippen LogP contribution is 2.16. The van der Waals surface area contributed by atoms with Crippen molar-refractivity contribution in [3.05, 3.63) is 29.6 Å². The highest BCUT2D eigenvalue weighted by molar-refractivity contribution is 5.28. The third kappa shape index (κ3) is 4.30. The molecular weight excluding hydrogens is 195 g/mol. The first-order valence-electron chi connectivity index (χ1n) is 5.16. The molecular formula is C12H17FO2. The summed E-state index contributed by atoms with van der Waals surface area (Å²) in [5.41, 5.74) is 0.586. The van der Waals surface area contributed by atoms with Gasteiger partial charge in [-0.3, -0.25) is 0 Å². The van der Waals surface area contributed by atoms with E-state index in [9.17, 15) is 4.39 Å². The summed E-state index contributed by atoms with van der Waals surface area (Å²) in [5.74, 6) is 0.464. The van der Waals surface area contributed by atoms with Crippen molar-refractivity contribution in [2.75, 3.05) is 6.61 Å². The summed E-state index contributed by atoms with van der Waals surface area (Å²) < 4.78 is 18.3. The zero-order valence-corrected chi connectivity index (χ0v) is 9.16. The van der Waals surface area contributed by atoms with Gasteiger partial charge in [0.25, 0.3) is 0 Å². The van der Waals surface area contributed by atoms with Gasteiger partial charge in [0.1, 0.15) is 11.6 Å². The molecule has 1 rings (SSSR count). The van der Waals surface area contributed by atoms with Gasteiger partial charge in [0.05, 0.1) is 12.7 Å². The van der Waals surface area contributed by atoms with Crippen LogP contribution in [0.5, 0.6) is 5.75 Å². The van der Waals surface area contributed by atoms with Crippen molar-refractivity contribution >= 4 is 0 Å². The smallest absolute Gasteiger partial charge is 0.126 e. The van der Waals surface area contributed by atoms with E-state index < -0.39 is 0 Å². The lowest BCUT2D eigenvalue weighted by atomic mass is 10.2. The normalized spacial score (nSPS) is 12.5. The average molecular weight is 212 g/mol. The predicted octanol–water partition coefficient (Wildman–Crippen LogP) is 2.67. The second-order valence-corrected chi connectivity index (χ2v) is 3.75. The number of hydrogen-bond donors (Lipinski definition) is 1. The molecule has 0 aliphatic rings. The second kappa shape index (κ2) is 5.71. The van der Waals surface area contributed by atoms with Gasteiger partial charge >= 0.3 is 0 Å². The van der Waals surface area contributed by atoms with E-state index in [-0.39, 0.29) is 11.9 Å². The third-order valence-electron chi connectivity index (χ3n) is 2.16. The molecule has 1 aromatic rings. The van der Waals surface area contributed by atoms with Crippen molar-refractivity contribution < 1.29 is 14.2 Å². The van der Waals surface area contributed by atoms with Crippen LogP contribution in [-0.2, 0) is 0 Å². The van der Waals surface area contributed by atoms with Crippen LogP contribution in [0.25, 0.3) is 0 Å². The zero-order chi connectivity index (χ0) is 11.3. The quantitative estimate of drug-likeness (QED) is 0.760. The van der Waals surface area contributed by atoms with Gasteiger partial charge in [-0.1, -0.05) is 0 Å². The van der Waals surface area contributed by atoms with E-state index in [1.807, 2.05) is 0 Å². The van der Waals surface area contributed by atoms with Crippen LogP contribution in [0, 0.1) is 12.7 Å². The molecule has 0 fully saturated rings. The van der Waals surface area contributed by atoms with Gasteiger partial charge in [-0.15, -0.1) is 0 Å². The van der Waals surface area contributed by atoms with E-state index in [1.165, 1.54) is 6.07 Å². The van der Waals surface area contributed by atoms with Crippen molar-refractivity contribution in [2.24, 2.45) is 0 Å². The van der Waals surface area contributed by atoms with E-state index in [2.05, 4.69) is 0 Å². The molecule has 1 atom stereocenters. The van der Waals surface area contributed by atoms with Crippen LogP contribution in [0.15, 0.2) is 18.2 Å². The number of halogens is 1. The maximum atomic E-state index is 12.9. The Kier molecular flexibility index (Phi) is 4.56. The van der Waals surface area contributed by atoms with E-state index in [1.54, 1.807) is 26.0 Å². The largest absolute Gasteiger partial charge is 0.494 e. The minimum absolute atomic E-state index is 0.216. The molecule has 84 valence electrons. The van der Waals surface area contributed by atoms with Gasteiger partial charge in [-0.25, -0.2) is 4.39 Å². The lowest BCUT2D eigenvalue weighted by molar-refractivity contribution is 0.170. The fourth-order valence-corrected chi connectivity index (χ4v) is 1.28. The molecule has 2 nitrogen and oxygen atoms in total. The number of ether oxygens (including phenoxy) is 1. The molecule has 0 aromatic heterocycles. The minimum Gasteiger partial charge on any atom is -0.494 e. The Labute approximate surface area is 89.7 Å². The molecule has 0 radical (unpaired) electrons. The fraction of sp³-hybridized carbons (Fsp3) is 0.500. The summed E-state index contributed by atoms with van der Waals surface area (Å²) in [6.07, 6.45) is 1.23. The Morgan fingerprint density at radius 2 is 2.20 bits per heavy atom. The SMILES string of the molecule is Cc1cc(OCCCC(C)O)ccc1F. The molecule has 0 spiro atoms. The zero-order valence-electron chi connectivity index (χ0n) is 9.16. The van der Waals surface area contributed by atoms with E-state index in [4.69, 9.17) is 9.84 Å². The number of benzene rings is 1. The lowest BCUT2D eigenvalue weighted by Gasteiger charge is -2.08. The van der Waals surface area contributed by atoms with E-state index in [0.29, 0.717) is 17.9 Å². The van der Waals surface area contributed by atoms with Crippen LogP contribution < -0.4 is 4.74 Å².